The summed E-state index contributed by atoms with van der Waals surface area (Å²) in [7, 11) is 0. The van der Waals surface area contributed by atoms with E-state index in [1.165, 1.54) is 22.8 Å². The first-order valence-corrected chi connectivity index (χ1v) is 11.8. The molecule has 0 aliphatic carbocycles. The maximum absolute atomic E-state index is 12.6. The van der Waals surface area contributed by atoms with Crippen LogP contribution in [0.5, 0.6) is 5.75 Å². The number of halogens is 3. The summed E-state index contributed by atoms with van der Waals surface area (Å²) in [5, 5.41) is 13.0. The number of nitriles is 1. The molecule has 0 N–H and O–H groups in total. The Bertz CT molecular complexity index is 1520. The predicted molar refractivity (Wildman–Crippen MR) is 130 cm³/mol. The van der Waals surface area contributed by atoms with E-state index in [-0.39, 0.29) is 28.9 Å². The lowest BCUT2D eigenvalue weighted by Crippen LogP contribution is -2.33. The van der Waals surface area contributed by atoms with Gasteiger partial charge in [0.15, 0.2) is 0 Å². The van der Waals surface area contributed by atoms with Crippen molar-refractivity contribution in [2.75, 3.05) is 18.0 Å². The van der Waals surface area contributed by atoms with Crippen LogP contribution < -0.4 is 15.2 Å². The van der Waals surface area contributed by atoms with E-state index < -0.39 is 6.36 Å². The summed E-state index contributed by atoms with van der Waals surface area (Å²) in [5.41, 5.74) is 1.60. The van der Waals surface area contributed by atoms with Gasteiger partial charge in [0.05, 0.1) is 18.2 Å². The van der Waals surface area contributed by atoms with E-state index in [1.54, 1.807) is 18.5 Å². The molecule has 12 heteroatoms. The van der Waals surface area contributed by atoms with Gasteiger partial charge >= 0.3 is 6.36 Å². The third-order valence-electron chi connectivity index (χ3n) is 6.17. The van der Waals surface area contributed by atoms with Gasteiger partial charge in [0.25, 0.3) is 11.4 Å². The van der Waals surface area contributed by atoms with Gasteiger partial charge in [-0.05, 0) is 60.9 Å². The van der Waals surface area contributed by atoms with E-state index in [0.29, 0.717) is 17.7 Å². The summed E-state index contributed by atoms with van der Waals surface area (Å²) in [6, 6.07) is 14.2. The fraction of sp³-hybridized carbons (Fsp3) is 0.269. The third kappa shape index (κ3) is 5.83. The third-order valence-corrected chi connectivity index (χ3v) is 6.17. The van der Waals surface area contributed by atoms with Crippen molar-refractivity contribution < 1.29 is 22.4 Å². The van der Waals surface area contributed by atoms with Gasteiger partial charge in [-0.25, -0.2) is 4.98 Å². The zero-order chi connectivity index (χ0) is 26.7. The lowest BCUT2D eigenvalue weighted by atomic mass is 9.98. The number of alkyl halides is 3. The fourth-order valence-corrected chi connectivity index (χ4v) is 4.21. The second kappa shape index (κ2) is 10.4. The molecule has 0 amide bonds. The van der Waals surface area contributed by atoms with Gasteiger partial charge in [-0.3, -0.25) is 4.79 Å². The van der Waals surface area contributed by atoms with Gasteiger partial charge in [0.2, 0.25) is 5.82 Å². The van der Waals surface area contributed by atoms with E-state index in [2.05, 4.69) is 30.8 Å². The van der Waals surface area contributed by atoms with Crippen molar-refractivity contribution in [3.05, 3.63) is 76.8 Å². The molecule has 0 spiro atoms. The lowest BCUT2D eigenvalue weighted by molar-refractivity contribution is -0.274. The van der Waals surface area contributed by atoms with Crippen LogP contribution in [0, 0.1) is 17.2 Å². The summed E-state index contributed by atoms with van der Waals surface area (Å²) >= 11 is 0. The molecule has 0 bridgehead atoms. The molecule has 1 aliphatic rings. The highest BCUT2D eigenvalue weighted by molar-refractivity contribution is 5.60. The molecule has 194 valence electrons. The number of hydrogen-bond donors (Lipinski definition) is 0. The van der Waals surface area contributed by atoms with Crippen LogP contribution in [0.15, 0.2) is 70.2 Å². The highest BCUT2D eigenvalue weighted by atomic mass is 19.4. The topological polar surface area (TPSA) is 110 Å². The number of piperidine rings is 1. The summed E-state index contributed by atoms with van der Waals surface area (Å²) in [4.78, 5) is 23.5. The minimum absolute atomic E-state index is 0.0729. The minimum atomic E-state index is -4.78. The molecule has 1 saturated heterocycles. The number of hydrogen-bond acceptors (Lipinski definition) is 8. The average Bonchev–Trinajstić information content (AvgIpc) is 3.40. The number of aromatic nitrogens is 4. The van der Waals surface area contributed by atoms with E-state index in [0.717, 1.165) is 49.4 Å². The molecule has 38 heavy (non-hydrogen) atoms. The number of anilines is 1. The second-order valence-electron chi connectivity index (χ2n) is 8.79. The van der Waals surface area contributed by atoms with Crippen LogP contribution in [0.25, 0.3) is 22.8 Å². The van der Waals surface area contributed by atoms with Crippen molar-refractivity contribution in [1.29, 1.82) is 5.26 Å². The fourth-order valence-electron chi connectivity index (χ4n) is 4.21. The van der Waals surface area contributed by atoms with Gasteiger partial charge < -0.3 is 18.7 Å². The average molecular weight is 522 g/mol. The molecule has 4 aromatic rings. The van der Waals surface area contributed by atoms with Crippen LogP contribution in [0.4, 0.5) is 19.0 Å². The van der Waals surface area contributed by atoms with Gasteiger partial charge in [0, 0.05) is 43.0 Å². The molecule has 1 aromatic carbocycles. The van der Waals surface area contributed by atoms with Crippen molar-refractivity contribution in [3.8, 4) is 34.7 Å². The Hall–Kier alpha value is -4.66. The maximum atomic E-state index is 12.6. The molecule has 0 radical (unpaired) electrons. The molecule has 9 nitrogen and oxygen atoms in total. The predicted octanol–water partition coefficient (Wildman–Crippen LogP) is 4.65. The van der Waals surface area contributed by atoms with Gasteiger partial charge in [0.1, 0.15) is 11.6 Å². The largest absolute Gasteiger partial charge is 0.573 e. The Morgan fingerprint density at radius 2 is 1.82 bits per heavy atom. The highest BCUT2D eigenvalue weighted by Crippen LogP contribution is 2.27. The summed E-state index contributed by atoms with van der Waals surface area (Å²) in [5.74, 6) is 0.846. The first-order valence-electron chi connectivity index (χ1n) is 11.8. The standard InChI is InChI=1S/C26H21F3N6O3/c27-26(28,29)37-21-4-1-19(2-5-21)24-32-25(38-33-24)20-3-6-23(36)35(16-20)15-18-7-10-31-22(13-18)34-11-8-17(14-30)9-12-34/h1-7,10,13,16-17H,8-9,11-12,15H2. The molecule has 0 saturated carbocycles. The van der Waals surface area contributed by atoms with Gasteiger partial charge in [-0.1, -0.05) is 5.16 Å². The normalized spacial score (nSPS) is 14.3. The zero-order valence-corrected chi connectivity index (χ0v) is 19.9. The molecule has 0 unspecified atom stereocenters. The Balaban J connectivity index is 1.32. The Kier molecular flexibility index (Phi) is 6.83. The molecular formula is C26H21F3N6O3. The number of pyridine rings is 2. The van der Waals surface area contributed by atoms with Crippen LogP contribution in [0.2, 0.25) is 0 Å². The highest BCUT2D eigenvalue weighted by Gasteiger charge is 2.31. The van der Waals surface area contributed by atoms with E-state index in [1.807, 2.05) is 12.1 Å². The van der Waals surface area contributed by atoms with Crippen molar-refractivity contribution in [2.45, 2.75) is 25.7 Å². The smallest absolute Gasteiger partial charge is 0.406 e. The van der Waals surface area contributed by atoms with Crippen LogP contribution in [0.1, 0.15) is 18.4 Å². The second-order valence-corrected chi connectivity index (χ2v) is 8.79. The monoisotopic (exact) mass is 522 g/mol. The number of nitrogens with zero attached hydrogens (tertiary/aromatic N) is 6. The molecule has 4 heterocycles. The zero-order valence-electron chi connectivity index (χ0n) is 19.9. The Morgan fingerprint density at radius 1 is 1.08 bits per heavy atom. The quantitative estimate of drug-likeness (QED) is 0.360. The number of rotatable bonds is 6. The summed E-state index contributed by atoms with van der Waals surface area (Å²) in [6.07, 6.45) is 0.115. The van der Waals surface area contributed by atoms with E-state index in [4.69, 9.17) is 9.78 Å². The SMILES string of the molecule is N#CC1CCN(c2cc(Cn3cc(-c4nc(-c5ccc(OC(F)(F)F)cc5)no4)ccc3=O)ccn2)CC1. The molecule has 5 rings (SSSR count). The first kappa shape index (κ1) is 25.0. The van der Waals surface area contributed by atoms with Crippen LogP contribution in [0.3, 0.4) is 0 Å². The Morgan fingerprint density at radius 3 is 2.53 bits per heavy atom. The molecule has 3 aromatic heterocycles. The summed E-state index contributed by atoms with van der Waals surface area (Å²) < 4.78 is 47.9. The van der Waals surface area contributed by atoms with Crippen LogP contribution >= 0.6 is 0 Å². The van der Waals surface area contributed by atoms with Crippen molar-refractivity contribution in [1.82, 2.24) is 19.7 Å². The van der Waals surface area contributed by atoms with Crippen molar-refractivity contribution >= 4 is 5.82 Å². The van der Waals surface area contributed by atoms with Gasteiger partial charge in [-0.15, -0.1) is 13.2 Å². The van der Waals surface area contributed by atoms with Crippen molar-refractivity contribution in [2.24, 2.45) is 5.92 Å². The lowest BCUT2D eigenvalue weighted by Gasteiger charge is -2.30. The number of benzene rings is 1. The van der Waals surface area contributed by atoms with Gasteiger partial charge in [-0.2, -0.15) is 10.2 Å². The first-order chi connectivity index (χ1) is 18.3. The molecule has 0 atom stereocenters. The molecule has 1 aliphatic heterocycles. The maximum Gasteiger partial charge on any atom is 0.573 e. The van der Waals surface area contributed by atoms with Crippen LogP contribution in [-0.2, 0) is 6.54 Å². The minimum Gasteiger partial charge on any atom is -0.406 e. The van der Waals surface area contributed by atoms with E-state index >= 15 is 0 Å². The number of ether oxygens (including phenoxy) is 1. The van der Waals surface area contributed by atoms with Crippen LogP contribution in [-0.4, -0.2) is 39.1 Å². The van der Waals surface area contributed by atoms with Crippen molar-refractivity contribution in [3.63, 3.8) is 0 Å². The molecular weight excluding hydrogens is 501 g/mol. The van der Waals surface area contributed by atoms with E-state index in [9.17, 15) is 18.0 Å². The Labute approximate surface area is 214 Å². The summed E-state index contributed by atoms with van der Waals surface area (Å²) in [6.45, 7) is 1.79. The molecule has 1 fully saturated rings.